The van der Waals surface area contributed by atoms with Gasteiger partial charge in [-0.2, -0.15) is 0 Å². The number of hydrogen-bond donors (Lipinski definition) is 0. The van der Waals surface area contributed by atoms with Crippen molar-refractivity contribution in [2.75, 3.05) is 0 Å². The van der Waals surface area contributed by atoms with Crippen LogP contribution in [0.4, 0.5) is 0 Å². The largest absolute Gasteiger partial charge is 0.289 e. The molecule has 2 aliphatic rings. The topological polar surface area (TPSA) is 17.1 Å². The summed E-state index contributed by atoms with van der Waals surface area (Å²) in [7, 11) is 0. The van der Waals surface area contributed by atoms with Crippen molar-refractivity contribution >= 4 is 11.4 Å². The molecule has 0 radical (unpaired) electrons. The van der Waals surface area contributed by atoms with Gasteiger partial charge in [-0.25, -0.2) is 0 Å². The number of benzene rings is 1. The Bertz CT molecular complexity index is 571. The van der Waals surface area contributed by atoms with Gasteiger partial charge in [0.15, 0.2) is 5.78 Å². The van der Waals surface area contributed by atoms with Crippen LogP contribution in [0.25, 0.3) is 5.57 Å². The number of carbonyl (C=O) groups is 1. The van der Waals surface area contributed by atoms with Gasteiger partial charge in [0.05, 0.1) is 0 Å². The van der Waals surface area contributed by atoms with Crippen molar-refractivity contribution in [2.45, 2.75) is 13.3 Å². The Morgan fingerprint density at radius 2 is 1.88 bits per heavy atom. The number of fused-ring (bicyclic) bond motifs is 2. The van der Waals surface area contributed by atoms with Crippen LogP contribution in [-0.4, -0.2) is 5.78 Å². The fourth-order valence-corrected chi connectivity index (χ4v) is 2.42. The lowest BCUT2D eigenvalue weighted by Gasteiger charge is -2.04. The van der Waals surface area contributed by atoms with Gasteiger partial charge in [0.1, 0.15) is 0 Å². The summed E-state index contributed by atoms with van der Waals surface area (Å²) in [5.74, 6) is 0.163. The predicted octanol–water partition coefficient (Wildman–Crippen LogP) is 3.54. The van der Waals surface area contributed by atoms with E-state index >= 15 is 0 Å². The summed E-state index contributed by atoms with van der Waals surface area (Å²) in [6, 6.07) is 7.86. The van der Waals surface area contributed by atoms with Crippen molar-refractivity contribution < 1.29 is 4.79 Å². The highest BCUT2D eigenvalue weighted by Crippen LogP contribution is 2.39. The number of hydrogen-bond acceptors (Lipinski definition) is 1. The summed E-state index contributed by atoms with van der Waals surface area (Å²) >= 11 is 0. The molecule has 0 aliphatic heterocycles. The summed E-state index contributed by atoms with van der Waals surface area (Å²) in [6.07, 6.45) is 7.10. The fourth-order valence-electron chi connectivity index (χ4n) is 2.42. The molecule has 0 saturated heterocycles. The molecule has 0 bridgehead atoms. The zero-order valence-electron chi connectivity index (χ0n) is 9.16. The predicted molar refractivity (Wildman–Crippen MR) is 65.2 cm³/mol. The van der Waals surface area contributed by atoms with E-state index in [1.165, 1.54) is 5.57 Å². The van der Waals surface area contributed by atoms with E-state index < -0.39 is 0 Å². The van der Waals surface area contributed by atoms with Gasteiger partial charge in [-0.3, -0.25) is 4.79 Å². The summed E-state index contributed by atoms with van der Waals surface area (Å²) in [5, 5.41) is 0. The SMILES string of the molecule is CC1=CCC=CC2=C1c1ccccc1C2=O. The molecule has 0 fully saturated rings. The average Bonchev–Trinajstić information content (AvgIpc) is 2.46. The monoisotopic (exact) mass is 208 g/mol. The van der Waals surface area contributed by atoms with E-state index in [1.807, 2.05) is 30.3 Å². The molecule has 16 heavy (non-hydrogen) atoms. The zero-order valence-corrected chi connectivity index (χ0v) is 9.16. The van der Waals surface area contributed by atoms with Crippen LogP contribution in [0.15, 0.2) is 53.6 Å². The molecule has 2 aliphatic carbocycles. The van der Waals surface area contributed by atoms with Gasteiger partial charge < -0.3 is 0 Å². The van der Waals surface area contributed by atoms with Gasteiger partial charge in [-0.1, -0.05) is 42.5 Å². The van der Waals surface area contributed by atoms with Crippen molar-refractivity contribution in [3.63, 3.8) is 0 Å². The van der Waals surface area contributed by atoms with Crippen LogP contribution in [0.1, 0.15) is 29.3 Å². The molecule has 0 spiro atoms. The third-order valence-corrected chi connectivity index (χ3v) is 3.19. The van der Waals surface area contributed by atoms with E-state index in [0.29, 0.717) is 0 Å². The maximum Gasteiger partial charge on any atom is 0.194 e. The molecule has 1 nitrogen and oxygen atoms in total. The van der Waals surface area contributed by atoms with Crippen molar-refractivity contribution in [2.24, 2.45) is 0 Å². The Kier molecular flexibility index (Phi) is 1.93. The molecule has 0 saturated carbocycles. The third-order valence-electron chi connectivity index (χ3n) is 3.19. The molecule has 1 aromatic rings. The van der Waals surface area contributed by atoms with Crippen LogP contribution >= 0.6 is 0 Å². The molecule has 1 aromatic carbocycles. The van der Waals surface area contributed by atoms with Crippen molar-refractivity contribution in [3.05, 3.63) is 64.8 Å². The molecular formula is C15H12O. The lowest BCUT2D eigenvalue weighted by Crippen LogP contribution is -1.95. The lowest BCUT2D eigenvalue weighted by atomic mass is 9.99. The summed E-state index contributed by atoms with van der Waals surface area (Å²) in [5.41, 5.74) is 5.11. The highest BCUT2D eigenvalue weighted by atomic mass is 16.1. The van der Waals surface area contributed by atoms with Gasteiger partial charge in [0.2, 0.25) is 0 Å². The number of rotatable bonds is 0. The standard InChI is InChI=1S/C15H12O/c1-10-6-2-3-9-13-14(10)11-7-4-5-8-12(11)15(13)16/h3-9H,2H2,1H3. The Morgan fingerprint density at radius 3 is 2.69 bits per heavy atom. The lowest BCUT2D eigenvalue weighted by molar-refractivity contribution is 0.104. The van der Waals surface area contributed by atoms with E-state index in [1.54, 1.807) is 0 Å². The van der Waals surface area contributed by atoms with Crippen LogP contribution in [0.5, 0.6) is 0 Å². The molecule has 1 heteroatoms. The summed E-state index contributed by atoms with van der Waals surface area (Å²) in [4.78, 5) is 12.2. The Hall–Kier alpha value is -1.89. The molecule has 0 N–H and O–H groups in total. The minimum Gasteiger partial charge on any atom is -0.289 e. The van der Waals surface area contributed by atoms with Crippen LogP contribution in [0.3, 0.4) is 0 Å². The molecule has 0 atom stereocenters. The van der Waals surface area contributed by atoms with Crippen molar-refractivity contribution in [1.29, 1.82) is 0 Å². The van der Waals surface area contributed by atoms with E-state index in [9.17, 15) is 4.79 Å². The number of ketones is 1. The quantitative estimate of drug-likeness (QED) is 0.637. The van der Waals surface area contributed by atoms with Crippen molar-refractivity contribution in [3.8, 4) is 0 Å². The zero-order chi connectivity index (χ0) is 11.1. The van der Waals surface area contributed by atoms with Crippen LogP contribution < -0.4 is 0 Å². The molecule has 78 valence electrons. The first-order valence-electron chi connectivity index (χ1n) is 5.51. The second kappa shape index (κ2) is 3.31. The van der Waals surface area contributed by atoms with Gasteiger partial charge >= 0.3 is 0 Å². The van der Waals surface area contributed by atoms with Crippen LogP contribution in [-0.2, 0) is 0 Å². The number of allylic oxidation sites excluding steroid dienone is 6. The van der Waals surface area contributed by atoms with Gasteiger partial charge in [0, 0.05) is 11.1 Å². The first kappa shape index (κ1) is 9.34. The normalized spacial score (nSPS) is 18.1. The second-order valence-corrected chi connectivity index (χ2v) is 4.19. The van der Waals surface area contributed by atoms with E-state index in [-0.39, 0.29) is 5.78 Å². The molecule has 0 heterocycles. The van der Waals surface area contributed by atoms with E-state index in [2.05, 4.69) is 19.1 Å². The first-order chi connectivity index (χ1) is 7.79. The van der Waals surface area contributed by atoms with Gasteiger partial charge in [-0.15, -0.1) is 0 Å². The Balaban J connectivity index is 2.33. The van der Waals surface area contributed by atoms with Crippen LogP contribution in [0.2, 0.25) is 0 Å². The summed E-state index contributed by atoms with van der Waals surface area (Å²) < 4.78 is 0. The van der Waals surface area contributed by atoms with Gasteiger partial charge in [0.25, 0.3) is 0 Å². The second-order valence-electron chi connectivity index (χ2n) is 4.19. The summed E-state index contributed by atoms with van der Waals surface area (Å²) in [6.45, 7) is 2.08. The van der Waals surface area contributed by atoms with E-state index in [4.69, 9.17) is 0 Å². The Morgan fingerprint density at radius 1 is 1.12 bits per heavy atom. The molecule has 3 rings (SSSR count). The fraction of sp³-hybridized carbons (Fsp3) is 0.133. The molecule has 0 amide bonds. The molecular weight excluding hydrogens is 196 g/mol. The number of Topliss-reactive ketones (excluding diaryl/α,β-unsaturated/α-hetero) is 1. The maximum absolute atomic E-state index is 12.2. The smallest absolute Gasteiger partial charge is 0.194 e. The van der Waals surface area contributed by atoms with Gasteiger partial charge in [-0.05, 0) is 30.1 Å². The average molecular weight is 208 g/mol. The number of carbonyl (C=O) groups excluding carboxylic acids is 1. The van der Waals surface area contributed by atoms with E-state index in [0.717, 1.165) is 28.7 Å². The highest BCUT2D eigenvalue weighted by Gasteiger charge is 2.28. The van der Waals surface area contributed by atoms with Crippen LogP contribution in [0, 0.1) is 0 Å². The third kappa shape index (κ3) is 1.15. The van der Waals surface area contributed by atoms with Crippen molar-refractivity contribution in [1.82, 2.24) is 0 Å². The molecule has 0 unspecified atom stereocenters. The minimum absolute atomic E-state index is 0.163. The first-order valence-corrected chi connectivity index (χ1v) is 5.51. The maximum atomic E-state index is 12.2. The minimum atomic E-state index is 0.163. The molecule has 0 aromatic heterocycles. The highest BCUT2D eigenvalue weighted by molar-refractivity contribution is 6.24. The Labute approximate surface area is 94.8 Å².